The van der Waals surface area contributed by atoms with Gasteiger partial charge in [0, 0.05) is 30.2 Å². The minimum absolute atomic E-state index is 0.0122. The second-order valence-electron chi connectivity index (χ2n) is 6.91. The van der Waals surface area contributed by atoms with Crippen molar-refractivity contribution in [3.63, 3.8) is 0 Å². The predicted octanol–water partition coefficient (Wildman–Crippen LogP) is 2.72. The van der Waals surface area contributed by atoms with E-state index in [-0.39, 0.29) is 23.0 Å². The number of halogens is 1. The molecule has 1 aromatic carbocycles. The molecule has 0 aliphatic rings. The summed E-state index contributed by atoms with van der Waals surface area (Å²) in [6, 6.07) is 4.77. The molecule has 0 aliphatic heterocycles. The number of benzene rings is 1. The van der Waals surface area contributed by atoms with Gasteiger partial charge in [-0.2, -0.15) is 4.31 Å². The van der Waals surface area contributed by atoms with Gasteiger partial charge in [-0.25, -0.2) is 13.2 Å². The lowest BCUT2D eigenvalue weighted by atomic mass is 10.0. The Morgan fingerprint density at radius 2 is 1.94 bits per heavy atom. The van der Waals surface area contributed by atoms with Crippen molar-refractivity contribution in [3.05, 3.63) is 39.9 Å². The van der Waals surface area contributed by atoms with Gasteiger partial charge in [0.25, 0.3) is 5.91 Å². The molecule has 1 N–H and O–H groups in total. The van der Waals surface area contributed by atoms with Gasteiger partial charge in [0.15, 0.2) is 0 Å². The zero-order valence-corrected chi connectivity index (χ0v) is 20.1. The Kier molecular flexibility index (Phi) is 8.92. The van der Waals surface area contributed by atoms with E-state index in [1.165, 1.54) is 28.6 Å². The Balaban J connectivity index is 2.15. The van der Waals surface area contributed by atoms with Gasteiger partial charge in [0.05, 0.1) is 4.90 Å². The first-order valence-electron chi connectivity index (χ1n) is 9.66. The molecular weight excluding hydrogens is 464 g/mol. The standard InChI is InChI=1S/C19H25ClN4O5S2/c1-5-24(6-2)31(27,28)14-9-7-8-13(10-14)18(25)21-16(12(3)4)19(26)29-11-15-17(20)30-23-22-15/h7-10,12,16H,5-6,11H2,1-4H3,(H,21,25)/t16-/m0/s1. The van der Waals surface area contributed by atoms with Crippen LogP contribution in [0.25, 0.3) is 0 Å². The molecule has 2 rings (SSSR count). The van der Waals surface area contributed by atoms with Crippen LogP contribution < -0.4 is 5.32 Å². The molecule has 1 amide bonds. The molecule has 1 atom stereocenters. The number of hydrogen-bond donors (Lipinski definition) is 1. The molecule has 0 unspecified atom stereocenters. The van der Waals surface area contributed by atoms with E-state index in [1.807, 2.05) is 0 Å². The lowest BCUT2D eigenvalue weighted by Gasteiger charge is -2.21. The van der Waals surface area contributed by atoms with Gasteiger partial charge in [-0.05, 0) is 24.1 Å². The van der Waals surface area contributed by atoms with E-state index in [0.717, 1.165) is 11.5 Å². The van der Waals surface area contributed by atoms with E-state index >= 15 is 0 Å². The molecule has 0 spiro atoms. The van der Waals surface area contributed by atoms with Gasteiger partial charge in [-0.15, -0.1) is 5.10 Å². The normalized spacial score (nSPS) is 12.7. The molecule has 0 saturated carbocycles. The maximum absolute atomic E-state index is 12.8. The second kappa shape index (κ2) is 11.0. The second-order valence-corrected chi connectivity index (χ2v) is 10.2. The van der Waals surface area contributed by atoms with Crippen LogP contribution in [-0.2, 0) is 26.2 Å². The predicted molar refractivity (Wildman–Crippen MR) is 117 cm³/mol. The molecule has 0 radical (unpaired) electrons. The summed E-state index contributed by atoms with van der Waals surface area (Å²) in [5, 5.41) is 6.40. The molecule has 0 fully saturated rings. The summed E-state index contributed by atoms with van der Waals surface area (Å²) in [7, 11) is -3.72. The number of amides is 1. The Morgan fingerprint density at radius 1 is 1.26 bits per heavy atom. The smallest absolute Gasteiger partial charge is 0.329 e. The van der Waals surface area contributed by atoms with Crippen molar-refractivity contribution in [2.75, 3.05) is 13.1 Å². The first-order chi connectivity index (χ1) is 14.6. The first-order valence-corrected chi connectivity index (χ1v) is 12.2. The van der Waals surface area contributed by atoms with E-state index in [4.69, 9.17) is 16.3 Å². The molecule has 1 heterocycles. The van der Waals surface area contributed by atoms with Crippen molar-refractivity contribution in [2.24, 2.45) is 5.92 Å². The number of hydrogen-bond acceptors (Lipinski definition) is 8. The highest BCUT2D eigenvalue weighted by molar-refractivity contribution is 7.89. The molecule has 170 valence electrons. The average molecular weight is 489 g/mol. The SMILES string of the molecule is CCN(CC)S(=O)(=O)c1cccc(C(=O)N[C@H](C(=O)OCc2nnsc2Cl)C(C)C)c1. The fourth-order valence-corrected chi connectivity index (χ4v) is 4.85. The highest BCUT2D eigenvalue weighted by Gasteiger charge is 2.28. The molecule has 31 heavy (non-hydrogen) atoms. The number of carbonyl (C=O) groups excluding carboxylic acids is 2. The molecule has 2 aromatic rings. The van der Waals surface area contributed by atoms with Crippen molar-refractivity contribution in [2.45, 2.75) is 45.2 Å². The van der Waals surface area contributed by atoms with Crippen molar-refractivity contribution in [3.8, 4) is 0 Å². The number of sulfonamides is 1. The number of ether oxygens (including phenoxy) is 1. The number of nitrogens with one attached hydrogen (secondary N) is 1. The van der Waals surface area contributed by atoms with Crippen LogP contribution in [0.2, 0.25) is 4.34 Å². The van der Waals surface area contributed by atoms with E-state index in [2.05, 4.69) is 14.9 Å². The van der Waals surface area contributed by atoms with Crippen molar-refractivity contribution in [1.29, 1.82) is 0 Å². The van der Waals surface area contributed by atoms with Crippen LogP contribution in [0.4, 0.5) is 0 Å². The van der Waals surface area contributed by atoms with Crippen LogP contribution in [-0.4, -0.2) is 53.3 Å². The molecular formula is C19H25ClN4O5S2. The molecule has 0 bridgehead atoms. The van der Waals surface area contributed by atoms with Crippen LogP contribution >= 0.6 is 23.1 Å². The number of rotatable bonds is 10. The topological polar surface area (TPSA) is 119 Å². The minimum atomic E-state index is -3.72. The Labute approximate surface area is 191 Å². The molecule has 1 aromatic heterocycles. The summed E-state index contributed by atoms with van der Waals surface area (Å²) in [4.78, 5) is 25.3. The van der Waals surface area contributed by atoms with Crippen LogP contribution in [0.5, 0.6) is 0 Å². The third-order valence-electron chi connectivity index (χ3n) is 4.51. The van der Waals surface area contributed by atoms with Gasteiger partial charge in [0.1, 0.15) is 22.7 Å². The largest absolute Gasteiger partial charge is 0.457 e. The summed E-state index contributed by atoms with van der Waals surface area (Å²) < 4.78 is 36.0. The zero-order chi connectivity index (χ0) is 23.2. The Bertz CT molecular complexity index is 1020. The highest BCUT2D eigenvalue weighted by atomic mass is 35.5. The van der Waals surface area contributed by atoms with Gasteiger partial charge >= 0.3 is 5.97 Å². The maximum Gasteiger partial charge on any atom is 0.329 e. The molecule has 9 nitrogen and oxygen atoms in total. The molecule has 0 saturated heterocycles. The lowest BCUT2D eigenvalue weighted by Crippen LogP contribution is -2.45. The number of esters is 1. The van der Waals surface area contributed by atoms with Crippen molar-refractivity contribution >= 4 is 45.0 Å². The Hall–Kier alpha value is -2.08. The van der Waals surface area contributed by atoms with Crippen molar-refractivity contribution in [1.82, 2.24) is 19.2 Å². The third kappa shape index (κ3) is 6.22. The summed E-state index contributed by atoms with van der Waals surface area (Å²) >= 11 is 6.88. The van der Waals surface area contributed by atoms with Crippen LogP contribution in [0, 0.1) is 5.92 Å². The Morgan fingerprint density at radius 3 is 2.48 bits per heavy atom. The summed E-state index contributed by atoms with van der Waals surface area (Å²) in [6.07, 6.45) is 0. The maximum atomic E-state index is 12.8. The molecule has 12 heteroatoms. The number of nitrogens with zero attached hydrogens (tertiary/aromatic N) is 3. The minimum Gasteiger partial charge on any atom is -0.457 e. The fourth-order valence-electron chi connectivity index (χ4n) is 2.75. The lowest BCUT2D eigenvalue weighted by molar-refractivity contribution is -0.148. The molecule has 0 aliphatic carbocycles. The highest BCUT2D eigenvalue weighted by Crippen LogP contribution is 2.19. The van der Waals surface area contributed by atoms with E-state index in [1.54, 1.807) is 27.7 Å². The van der Waals surface area contributed by atoms with E-state index in [0.29, 0.717) is 23.1 Å². The quantitative estimate of drug-likeness (QED) is 0.510. The zero-order valence-electron chi connectivity index (χ0n) is 17.7. The number of carbonyl (C=O) groups is 2. The van der Waals surface area contributed by atoms with Crippen LogP contribution in [0.3, 0.4) is 0 Å². The summed E-state index contributed by atoms with van der Waals surface area (Å²) in [5.41, 5.74) is 0.460. The van der Waals surface area contributed by atoms with Gasteiger partial charge in [0.2, 0.25) is 10.0 Å². The fraction of sp³-hybridized carbons (Fsp3) is 0.474. The van der Waals surface area contributed by atoms with Crippen LogP contribution in [0.15, 0.2) is 29.2 Å². The third-order valence-corrected chi connectivity index (χ3v) is 7.54. The average Bonchev–Trinajstić information content (AvgIpc) is 3.15. The van der Waals surface area contributed by atoms with Crippen LogP contribution in [0.1, 0.15) is 43.7 Å². The first kappa shape index (κ1) is 25.2. The van der Waals surface area contributed by atoms with E-state index < -0.39 is 27.9 Å². The number of aromatic nitrogens is 2. The summed E-state index contributed by atoms with van der Waals surface area (Å²) in [6.45, 7) is 7.46. The van der Waals surface area contributed by atoms with Gasteiger partial charge in [-0.1, -0.05) is 49.9 Å². The summed E-state index contributed by atoms with van der Waals surface area (Å²) in [5.74, 6) is -1.51. The van der Waals surface area contributed by atoms with Gasteiger partial charge in [-0.3, -0.25) is 4.79 Å². The van der Waals surface area contributed by atoms with E-state index in [9.17, 15) is 18.0 Å². The monoisotopic (exact) mass is 488 g/mol. The van der Waals surface area contributed by atoms with Crippen molar-refractivity contribution < 1.29 is 22.7 Å². The van der Waals surface area contributed by atoms with Gasteiger partial charge < -0.3 is 10.1 Å².